The maximum atomic E-state index is 11.9. The molecule has 0 unspecified atom stereocenters. The Morgan fingerprint density at radius 2 is 1.53 bits per heavy atom. The van der Waals surface area contributed by atoms with Crippen LogP contribution in [0.2, 0.25) is 0 Å². The topological polar surface area (TPSA) is 44.4 Å². The Kier molecular flexibility index (Phi) is 2.19. The number of anilines is 2. The third-order valence-corrected chi connectivity index (χ3v) is 2.63. The van der Waals surface area contributed by atoms with Crippen molar-refractivity contribution in [3.8, 4) is 0 Å². The van der Waals surface area contributed by atoms with Crippen LogP contribution in [0.25, 0.3) is 0 Å². The molecule has 2 N–H and O–H groups in total. The summed E-state index contributed by atoms with van der Waals surface area (Å²) in [6.45, 7) is 0. The van der Waals surface area contributed by atoms with Crippen LogP contribution >= 0.6 is 0 Å². The number of fused-ring (bicyclic) bond motifs is 1. The summed E-state index contributed by atoms with van der Waals surface area (Å²) in [7, 11) is 0. The van der Waals surface area contributed by atoms with E-state index in [1.807, 2.05) is 48.5 Å². The first-order chi connectivity index (χ1) is 8.34. The molecule has 17 heavy (non-hydrogen) atoms. The summed E-state index contributed by atoms with van der Waals surface area (Å²) >= 11 is 0. The van der Waals surface area contributed by atoms with E-state index in [1.54, 1.807) is 11.2 Å². The maximum Gasteiger partial charge on any atom is 0.273 e. The molecule has 0 aromatic heterocycles. The molecule has 0 saturated heterocycles. The average Bonchev–Trinajstić information content (AvgIpc) is 2.40. The molecule has 0 spiro atoms. The Morgan fingerprint density at radius 3 is 2.35 bits per heavy atom. The van der Waals surface area contributed by atoms with Crippen LogP contribution in [0.4, 0.5) is 11.4 Å². The van der Waals surface area contributed by atoms with Crippen molar-refractivity contribution in [3.63, 3.8) is 0 Å². The van der Waals surface area contributed by atoms with Gasteiger partial charge in [-0.15, -0.1) is 0 Å². The van der Waals surface area contributed by atoms with Crippen molar-refractivity contribution < 1.29 is 4.79 Å². The molecule has 4 heteroatoms. The first-order valence-corrected chi connectivity index (χ1v) is 5.36. The molecule has 4 nitrogen and oxygen atoms in total. The first-order valence-electron chi connectivity index (χ1n) is 5.36. The summed E-state index contributed by atoms with van der Waals surface area (Å²) in [5.74, 6) is -0.108. The van der Waals surface area contributed by atoms with Gasteiger partial charge in [-0.3, -0.25) is 10.2 Å². The van der Waals surface area contributed by atoms with E-state index < -0.39 is 0 Å². The van der Waals surface area contributed by atoms with Gasteiger partial charge in [0, 0.05) is 0 Å². The van der Waals surface area contributed by atoms with Gasteiger partial charge in [0.25, 0.3) is 5.91 Å². The zero-order chi connectivity index (χ0) is 11.7. The van der Waals surface area contributed by atoms with Crippen molar-refractivity contribution in [1.82, 2.24) is 5.43 Å². The highest BCUT2D eigenvalue weighted by atomic mass is 16.2. The standard InChI is InChI=1S/C13H11N3O/c17-13-11-8-4-5-9-12(11)14-16(15-13)10-6-2-1-3-7-10/h1-9,14H,(H,15,17). The van der Waals surface area contributed by atoms with Gasteiger partial charge in [-0.05, 0) is 24.3 Å². The number of hydrogen-bond donors (Lipinski definition) is 2. The van der Waals surface area contributed by atoms with Crippen LogP contribution in [0.5, 0.6) is 0 Å². The number of carbonyl (C=O) groups excluding carboxylic acids is 1. The highest BCUT2D eigenvalue weighted by Crippen LogP contribution is 2.22. The molecule has 3 rings (SSSR count). The highest BCUT2D eigenvalue weighted by Gasteiger charge is 2.21. The van der Waals surface area contributed by atoms with E-state index in [0.29, 0.717) is 5.56 Å². The van der Waals surface area contributed by atoms with E-state index in [-0.39, 0.29) is 5.91 Å². The fourth-order valence-electron chi connectivity index (χ4n) is 1.79. The Balaban J connectivity index is 1.97. The number of nitrogens with zero attached hydrogens (tertiary/aromatic N) is 1. The highest BCUT2D eigenvalue weighted by molar-refractivity contribution is 6.02. The van der Waals surface area contributed by atoms with Gasteiger partial charge in [0.15, 0.2) is 0 Å². The molecule has 2 aromatic rings. The fourth-order valence-corrected chi connectivity index (χ4v) is 1.79. The van der Waals surface area contributed by atoms with Gasteiger partial charge in [-0.25, -0.2) is 5.43 Å². The minimum atomic E-state index is -0.108. The summed E-state index contributed by atoms with van der Waals surface area (Å²) in [4.78, 5) is 11.9. The molecule has 0 atom stereocenters. The summed E-state index contributed by atoms with van der Waals surface area (Å²) < 4.78 is 0. The van der Waals surface area contributed by atoms with Crippen LogP contribution in [0.1, 0.15) is 10.4 Å². The molecule has 2 aromatic carbocycles. The lowest BCUT2D eigenvalue weighted by molar-refractivity contribution is 0.0947. The maximum absolute atomic E-state index is 11.9. The van der Waals surface area contributed by atoms with Crippen LogP contribution in [0.3, 0.4) is 0 Å². The van der Waals surface area contributed by atoms with E-state index in [2.05, 4.69) is 10.9 Å². The Bertz CT molecular complexity index is 554. The van der Waals surface area contributed by atoms with E-state index in [9.17, 15) is 4.79 Å². The molecule has 0 fully saturated rings. The second-order valence-electron chi connectivity index (χ2n) is 3.77. The predicted molar refractivity (Wildman–Crippen MR) is 66.5 cm³/mol. The molecule has 0 bridgehead atoms. The molecule has 0 saturated carbocycles. The Hall–Kier alpha value is -2.49. The lowest BCUT2D eigenvalue weighted by Gasteiger charge is -2.31. The molecular formula is C13H11N3O. The zero-order valence-electron chi connectivity index (χ0n) is 9.05. The van der Waals surface area contributed by atoms with Crippen molar-refractivity contribution >= 4 is 17.3 Å². The SMILES string of the molecule is O=C1NN(c2ccccc2)Nc2ccccc21. The van der Waals surface area contributed by atoms with Gasteiger partial charge < -0.3 is 0 Å². The van der Waals surface area contributed by atoms with Crippen molar-refractivity contribution in [2.24, 2.45) is 0 Å². The van der Waals surface area contributed by atoms with Gasteiger partial charge in [-0.2, -0.15) is 5.12 Å². The van der Waals surface area contributed by atoms with Crippen molar-refractivity contribution in [2.45, 2.75) is 0 Å². The first kappa shape index (κ1) is 9.72. The second-order valence-corrected chi connectivity index (χ2v) is 3.77. The summed E-state index contributed by atoms with van der Waals surface area (Å²) in [5, 5.41) is 1.62. The van der Waals surface area contributed by atoms with Gasteiger partial charge in [0.2, 0.25) is 0 Å². The number of para-hydroxylation sites is 2. The normalized spacial score (nSPS) is 13.6. The smallest absolute Gasteiger partial charge is 0.273 e. The van der Waals surface area contributed by atoms with Crippen molar-refractivity contribution in [2.75, 3.05) is 10.5 Å². The fraction of sp³-hybridized carbons (Fsp3) is 0. The van der Waals surface area contributed by atoms with E-state index in [4.69, 9.17) is 0 Å². The van der Waals surface area contributed by atoms with Crippen LogP contribution in [-0.2, 0) is 0 Å². The number of hydrazine groups is 2. The molecular weight excluding hydrogens is 214 g/mol. The van der Waals surface area contributed by atoms with Crippen LogP contribution in [-0.4, -0.2) is 5.91 Å². The van der Waals surface area contributed by atoms with Crippen LogP contribution in [0.15, 0.2) is 54.6 Å². The molecule has 84 valence electrons. The van der Waals surface area contributed by atoms with Gasteiger partial charge in [0.1, 0.15) is 0 Å². The molecule has 1 heterocycles. The monoisotopic (exact) mass is 225 g/mol. The van der Waals surface area contributed by atoms with Crippen molar-refractivity contribution in [3.05, 3.63) is 60.2 Å². The average molecular weight is 225 g/mol. The number of hydrogen-bond acceptors (Lipinski definition) is 3. The zero-order valence-corrected chi connectivity index (χ0v) is 9.05. The Labute approximate surface area is 98.8 Å². The predicted octanol–water partition coefficient (Wildman–Crippen LogP) is 2.18. The minimum absolute atomic E-state index is 0.108. The van der Waals surface area contributed by atoms with Gasteiger partial charge in [-0.1, -0.05) is 30.3 Å². The minimum Gasteiger partial charge on any atom is -0.279 e. The number of benzene rings is 2. The number of carbonyl (C=O) groups is 1. The molecule has 1 amide bonds. The number of amides is 1. The summed E-state index contributed by atoms with van der Waals surface area (Å²) in [5.41, 5.74) is 8.26. The second kappa shape index (κ2) is 3.83. The van der Waals surface area contributed by atoms with Gasteiger partial charge >= 0.3 is 0 Å². The summed E-state index contributed by atoms with van der Waals surface area (Å²) in [6, 6.07) is 17.0. The lowest BCUT2D eigenvalue weighted by atomic mass is 10.1. The molecule has 0 radical (unpaired) electrons. The van der Waals surface area contributed by atoms with E-state index in [1.165, 1.54) is 0 Å². The lowest BCUT2D eigenvalue weighted by Crippen LogP contribution is -2.50. The number of rotatable bonds is 1. The van der Waals surface area contributed by atoms with E-state index in [0.717, 1.165) is 11.4 Å². The molecule has 0 aliphatic carbocycles. The van der Waals surface area contributed by atoms with Crippen molar-refractivity contribution in [1.29, 1.82) is 0 Å². The Morgan fingerprint density at radius 1 is 0.824 bits per heavy atom. The van der Waals surface area contributed by atoms with Crippen LogP contribution in [0, 0.1) is 0 Å². The number of nitrogens with one attached hydrogen (secondary N) is 2. The summed E-state index contributed by atoms with van der Waals surface area (Å²) in [6.07, 6.45) is 0. The molecule has 1 aliphatic heterocycles. The molecule has 1 aliphatic rings. The van der Waals surface area contributed by atoms with E-state index >= 15 is 0 Å². The van der Waals surface area contributed by atoms with Gasteiger partial charge in [0.05, 0.1) is 16.9 Å². The third kappa shape index (κ3) is 1.69. The largest absolute Gasteiger partial charge is 0.279 e. The van der Waals surface area contributed by atoms with Crippen LogP contribution < -0.4 is 16.0 Å². The quantitative estimate of drug-likeness (QED) is 0.781. The third-order valence-electron chi connectivity index (χ3n) is 2.63.